The zero-order valence-electron chi connectivity index (χ0n) is 28.0. The monoisotopic (exact) mass is 824 g/mol. The second kappa shape index (κ2) is 12.5. The maximum absolute atomic E-state index is 6.43. The van der Waals surface area contributed by atoms with Gasteiger partial charge in [0.25, 0.3) is 0 Å². The maximum atomic E-state index is 6.43. The molecule has 5 heteroatoms. The number of rotatable bonds is 3. The Morgan fingerprint density at radius 2 is 1.44 bits per heavy atom. The number of hydrogen-bond acceptors (Lipinski definition) is 3. The van der Waals surface area contributed by atoms with Crippen molar-refractivity contribution in [2.45, 2.75) is 27.2 Å². The van der Waals surface area contributed by atoms with Crippen LogP contribution in [0.25, 0.3) is 82.5 Å². The number of fused-ring (bicyclic) bond motifs is 10. The normalized spacial score (nSPS) is 11.8. The summed E-state index contributed by atoms with van der Waals surface area (Å²) in [5.41, 5.74) is 11.0. The fourth-order valence-corrected chi connectivity index (χ4v) is 7.25. The molecule has 5 heterocycles. The molecule has 1 radical (unpaired) electrons. The van der Waals surface area contributed by atoms with Crippen LogP contribution in [-0.2, 0) is 26.5 Å². The fourth-order valence-electron chi connectivity index (χ4n) is 7.25. The van der Waals surface area contributed by atoms with Crippen LogP contribution >= 0.6 is 0 Å². The molecule has 0 spiro atoms. The van der Waals surface area contributed by atoms with Gasteiger partial charge < -0.3 is 18.8 Å². The minimum atomic E-state index is 0. The molecule has 0 unspecified atom stereocenters. The molecule has 0 fully saturated rings. The predicted octanol–water partition coefficient (Wildman–Crippen LogP) is 11.7. The van der Waals surface area contributed by atoms with Crippen molar-refractivity contribution in [3.63, 3.8) is 0 Å². The first-order valence-corrected chi connectivity index (χ1v) is 16.7. The van der Waals surface area contributed by atoms with Crippen LogP contribution in [0.1, 0.15) is 26.3 Å². The molecule has 0 aliphatic carbocycles. The summed E-state index contributed by atoms with van der Waals surface area (Å²) in [5, 5.41) is 7.19. The maximum Gasteiger partial charge on any atom is 0.145 e. The Hall–Kier alpha value is -5.35. The Labute approximate surface area is 304 Å². The van der Waals surface area contributed by atoms with Gasteiger partial charge in [0, 0.05) is 54.2 Å². The SMILES string of the molecule is CC(C)(C)Cc1ccnc(-c2[c-]cc3c(c2)c2cccc4c5c6oc7ccccc7c6ccc5n3c24)c1.[Ir].[c-]1ccccc1-c1ccccn1. The third-order valence-electron chi connectivity index (χ3n) is 9.24. The summed E-state index contributed by atoms with van der Waals surface area (Å²) >= 11 is 0. The van der Waals surface area contributed by atoms with Gasteiger partial charge in [-0.2, -0.15) is 0 Å². The van der Waals surface area contributed by atoms with Crippen LogP contribution < -0.4 is 0 Å². The van der Waals surface area contributed by atoms with Crippen molar-refractivity contribution < 1.29 is 24.5 Å². The van der Waals surface area contributed by atoms with Crippen molar-refractivity contribution in [2.75, 3.05) is 0 Å². The minimum absolute atomic E-state index is 0. The first-order chi connectivity index (χ1) is 23.9. The van der Waals surface area contributed by atoms with Gasteiger partial charge in [0.05, 0.1) is 10.9 Å². The average Bonchev–Trinajstić information content (AvgIpc) is 3.79. The van der Waals surface area contributed by atoms with Crippen molar-refractivity contribution in [3.05, 3.63) is 151 Å². The van der Waals surface area contributed by atoms with E-state index in [0.29, 0.717) is 0 Å². The smallest absolute Gasteiger partial charge is 0.145 e. The van der Waals surface area contributed by atoms with E-state index < -0.39 is 0 Å². The summed E-state index contributed by atoms with van der Waals surface area (Å²) in [6.07, 6.45) is 4.73. The molecule has 0 bridgehead atoms. The quantitative estimate of drug-likeness (QED) is 0.167. The molecule has 0 aliphatic rings. The Morgan fingerprint density at radius 3 is 2.26 bits per heavy atom. The van der Waals surface area contributed by atoms with Crippen LogP contribution in [0, 0.1) is 17.5 Å². The van der Waals surface area contributed by atoms with Gasteiger partial charge in [-0.25, -0.2) is 0 Å². The summed E-state index contributed by atoms with van der Waals surface area (Å²) in [6.45, 7) is 6.81. The molecule has 10 aromatic rings. The third-order valence-corrected chi connectivity index (χ3v) is 9.24. The third kappa shape index (κ3) is 5.44. The molecule has 5 aromatic heterocycles. The first kappa shape index (κ1) is 31.9. The molecule has 0 saturated heterocycles. The standard InChI is InChI=1S/C34H25N2O.C11H8N.Ir/c1-34(2,3)19-20-15-16-35-27(17-20)21-11-13-28-26(18-21)23-8-6-9-25-31-29(36(28)32(23)25)14-12-24-22-7-4-5-10-30(22)37-33(24)31;1-2-6-10(7-3-1)11-8-4-5-9-12-11;/h4-10,12-18H,19H2,1-3H3;1-6,8-9H;/q2*-1;. The van der Waals surface area contributed by atoms with Crippen LogP contribution in [0.4, 0.5) is 0 Å². The topological polar surface area (TPSA) is 43.3 Å². The molecule has 5 aromatic carbocycles. The van der Waals surface area contributed by atoms with Crippen LogP contribution in [-0.4, -0.2) is 14.4 Å². The largest absolute Gasteiger partial charge is 0.455 e. The van der Waals surface area contributed by atoms with Crippen molar-refractivity contribution in [3.8, 4) is 22.5 Å². The Kier molecular flexibility index (Phi) is 7.98. The van der Waals surface area contributed by atoms with Crippen LogP contribution in [0.5, 0.6) is 0 Å². The molecule has 0 N–H and O–H groups in total. The fraction of sp³-hybridized carbons (Fsp3) is 0.111. The Bertz CT molecular complexity index is 2740. The number of pyridine rings is 2. The molecule has 245 valence electrons. The van der Waals surface area contributed by atoms with E-state index in [1.165, 1.54) is 38.1 Å². The van der Waals surface area contributed by atoms with E-state index in [0.717, 1.165) is 56.4 Å². The van der Waals surface area contributed by atoms with E-state index in [2.05, 4.69) is 109 Å². The summed E-state index contributed by atoms with van der Waals surface area (Å²) in [5.74, 6) is 0. The first-order valence-electron chi connectivity index (χ1n) is 16.7. The predicted molar refractivity (Wildman–Crippen MR) is 202 cm³/mol. The summed E-state index contributed by atoms with van der Waals surface area (Å²) in [7, 11) is 0. The van der Waals surface area contributed by atoms with E-state index in [4.69, 9.17) is 9.40 Å². The van der Waals surface area contributed by atoms with Crippen molar-refractivity contribution in [2.24, 2.45) is 5.41 Å². The molecular formula is C45H33IrN3O-2. The number of furan rings is 1. The molecule has 4 nitrogen and oxygen atoms in total. The van der Waals surface area contributed by atoms with Crippen molar-refractivity contribution >= 4 is 60.0 Å². The Balaban J connectivity index is 0.000000236. The molecule has 10 rings (SSSR count). The van der Waals surface area contributed by atoms with Gasteiger partial charge in [-0.15, -0.1) is 59.7 Å². The van der Waals surface area contributed by atoms with Gasteiger partial charge in [-0.1, -0.05) is 86.3 Å². The van der Waals surface area contributed by atoms with Gasteiger partial charge in [0.2, 0.25) is 0 Å². The summed E-state index contributed by atoms with van der Waals surface area (Å²) < 4.78 is 8.81. The van der Waals surface area contributed by atoms with Crippen LogP contribution in [0.2, 0.25) is 0 Å². The van der Waals surface area contributed by atoms with E-state index in [9.17, 15) is 0 Å². The van der Waals surface area contributed by atoms with E-state index in [-0.39, 0.29) is 25.5 Å². The Morgan fingerprint density at radius 1 is 0.640 bits per heavy atom. The molecule has 0 aliphatic heterocycles. The number of nitrogens with zero attached hydrogens (tertiary/aromatic N) is 3. The number of para-hydroxylation sites is 2. The second-order valence-corrected chi connectivity index (χ2v) is 13.9. The molecule has 0 atom stereocenters. The number of benzene rings is 5. The average molecular weight is 824 g/mol. The van der Waals surface area contributed by atoms with E-state index in [1.54, 1.807) is 6.20 Å². The van der Waals surface area contributed by atoms with Crippen molar-refractivity contribution in [1.82, 2.24) is 14.4 Å². The minimum Gasteiger partial charge on any atom is -0.455 e. The van der Waals surface area contributed by atoms with Crippen LogP contribution in [0.3, 0.4) is 0 Å². The summed E-state index contributed by atoms with van der Waals surface area (Å²) in [6, 6.07) is 48.4. The van der Waals surface area contributed by atoms with E-state index in [1.807, 2.05) is 60.8 Å². The van der Waals surface area contributed by atoms with Gasteiger partial charge >= 0.3 is 0 Å². The zero-order valence-corrected chi connectivity index (χ0v) is 30.4. The van der Waals surface area contributed by atoms with Gasteiger partial charge in [0.1, 0.15) is 11.2 Å². The van der Waals surface area contributed by atoms with E-state index >= 15 is 0 Å². The second-order valence-electron chi connectivity index (χ2n) is 13.9. The molecular weight excluding hydrogens is 791 g/mol. The number of aromatic nitrogens is 3. The molecule has 0 saturated carbocycles. The molecule has 0 amide bonds. The van der Waals surface area contributed by atoms with Crippen molar-refractivity contribution in [1.29, 1.82) is 0 Å². The van der Waals surface area contributed by atoms with Gasteiger partial charge in [0.15, 0.2) is 0 Å². The van der Waals surface area contributed by atoms with Crippen LogP contribution in [0.15, 0.2) is 138 Å². The summed E-state index contributed by atoms with van der Waals surface area (Å²) in [4.78, 5) is 8.92. The zero-order chi connectivity index (χ0) is 33.1. The molecule has 50 heavy (non-hydrogen) atoms. The van der Waals surface area contributed by atoms with Gasteiger partial charge in [-0.3, -0.25) is 0 Å². The number of hydrogen-bond donors (Lipinski definition) is 0. The van der Waals surface area contributed by atoms with Gasteiger partial charge in [-0.05, 0) is 64.5 Å².